The van der Waals surface area contributed by atoms with Crippen molar-refractivity contribution in [3.05, 3.63) is 64.2 Å². The van der Waals surface area contributed by atoms with E-state index in [2.05, 4.69) is 15.5 Å². The van der Waals surface area contributed by atoms with Crippen molar-refractivity contribution in [2.75, 3.05) is 0 Å². The Labute approximate surface area is 154 Å². The van der Waals surface area contributed by atoms with Crippen LogP contribution in [0.25, 0.3) is 0 Å². The van der Waals surface area contributed by atoms with Crippen LogP contribution in [0.1, 0.15) is 16.2 Å². The first-order chi connectivity index (χ1) is 12.0. The van der Waals surface area contributed by atoms with Gasteiger partial charge in [0.25, 0.3) is 5.91 Å². The Morgan fingerprint density at radius 3 is 2.80 bits per heavy atom. The van der Waals surface area contributed by atoms with Crippen molar-refractivity contribution in [3.8, 4) is 5.75 Å². The number of hydrogen-bond acceptors (Lipinski definition) is 4. The fourth-order valence-electron chi connectivity index (χ4n) is 2.10. The average Bonchev–Trinajstić information content (AvgIpc) is 3.23. The van der Waals surface area contributed by atoms with Crippen LogP contribution in [0.15, 0.2) is 42.7 Å². The Bertz CT molecular complexity index is 890. The molecule has 0 spiro atoms. The van der Waals surface area contributed by atoms with Gasteiger partial charge in [0.2, 0.25) is 0 Å². The van der Waals surface area contributed by atoms with Crippen LogP contribution in [-0.4, -0.2) is 25.5 Å². The smallest absolute Gasteiger partial charge is 0.272 e. The highest BCUT2D eigenvalue weighted by Gasteiger charge is 2.11. The van der Waals surface area contributed by atoms with Gasteiger partial charge in [-0.25, -0.2) is 4.68 Å². The summed E-state index contributed by atoms with van der Waals surface area (Å²) >= 11 is 12.0. The summed E-state index contributed by atoms with van der Waals surface area (Å²) < 4.78 is 8.74. The van der Waals surface area contributed by atoms with Crippen molar-refractivity contribution in [2.24, 2.45) is 7.05 Å². The van der Waals surface area contributed by atoms with E-state index in [4.69, 9.17) is 27.9 Å². The fourth-order valence-corrected chi connectivity index (χ4v) is 2.45. The summed E-state index contributed by atoms with van der Waals surface area (Å²) in [4.78, 5) is 12.1. The second-order valence-electron chi connectivity index (χ2n) is 5.23. The first-order valence-electron chi connectivity index (χ1n) is 7.40. The Morgan fingerprint density at radius 2 is 2.04 bits per heavy atom. The zero-order chi connectivity index (χ0) is 17.8. The number of aryl methyl sites for hydroxylation is 1. The van der Waals surface area contributed by atoms with Gasteiger partial charge in [-0.05, 0) is 24.3 Å². The number of halogens is 2. The molecule has 2 aromatic heterocycles. The lowest BCUT2D eigenvalue weighted by molar-refractivity contribution is 0.0943. The molecule has 3 rings (SSSR count). The quantitative estimate of drug-likeness (QED) is 0.714. The molecule has 0 aliphatic rings. The van der Waals surface area contributed by atoms with E-state index in [-0.39, 0.29) is 18.3 Å². The number of nitrogens with one attached hydrogen (secondary N) is 1. The number of rotatable bonds is 6. The molecular formula is C16H15Cl2N5O2. The summed E-state index contributed by atoms with van der Waals surface area (Å²) in [6.45, 7) is 0.439. The predicted molar refractivity (Wildman–Crippen MR) is 93.7 cm³/mol. The summed E-state index contributed by atoms with van der Waals surface area (Å²) in [5, 5.41) is 11.9. The summed E-state index contributed by atoms with van der Waals surface area (Å²) in [7, 11) is 1.82. The summed E-state index contributed by atoms with van der Waals surface area (Å²) in [6, 6.07) is 8.56. The van der Waals surface area contributed by atoms with Crippen molar-refractivity contribution in [2.45, 2.75) is 13.3 Å². The third-order valence-corrected chi connectivity index (χ3v) is 4.14. The van der Waals surface area contributed by atoms with Crippen LogP contribution in [0, 0.1) is 0 Å². The molecule has 130 valence electrons. The van der Waals surface area contributed by atoms with E-state index in [9.17, 15) is 4.79 Å². The molecule has 7 nitrogen and oxygen atoms in total. The second-order valence-corrected chi connectivity index (χ2v) is 6.01. The van der Waals surface area contributed by atoms with Crippen molar-refractivity contribution in [1.29, 1.82) is 0 Å². The highest BCUT2D eigenvalue weighted by Crippen LogP contribution is 2.31. The summed E-state index contributed by atoms with van der Waals surface area (Å²) in [5.41, 5.74) is 1.06. The Balaban J connectivity index is 1.56. The zero-order valence-electron chi connectivity index (χ0n) is 13.3. The molecule has 2 heterocycles. The molecule has 0 bridgehead atoms. The maximum Gasteiger partial charge on any atom is 0.272 e. The maximum absolute atomic E-state index is 12.1. The summed E-state index contributed by atoms with van der Waals surface area (Å²) in [5.74, 6) is 0.163. The number of amides is 1. The standard InChI is InChI=1S/C16H15Cl2N5O2/c1-22-7-5-11(20-22)9-19-16(24)13-6-8-23(21-13)10-25-14-4-2-3-12(17)15(14)18/h2-8H,9-10H2,1H3,(H,19,24). The van der Waals surface area contributed by atoms with Crippen molar-refractivity contribution in [1.82, 2.24) is 24.9 Å². The fraction of sp³-hybridized carbons (Fsp3) is 0.188. The minimum Gasteiger partial charge on any atom is -0.470 e. The van der Waals surface area contributed by atoms with Crippen LogP contribution in [0.2, 0.25) is 10.0 Å². The van der Waals surface area contributed by atoms with E-state index in [0.29, 0.717) is 22.3 Å². The lowest BCUT2D eigenvalue weighted by Crippen LogP contribution is -2.24. The largest absolute Gasteiger partial charge is 0.470 e. The number of aromatic nitrogens is 4. The van der Waals surface area contributed by atoms with Crippen LogP contribution in [-0.2, 0) is 20.3 Å². The van der Waals surface area contributed by atoms with E-state index in [1.807, 2.05) is 19.3 Å². The van der Waals surface area contributed by atoms with Crippen LogP contribution in [0.5, 0.6) is 5.75 Å². The molecule has 25 heavy (non-hydrogen) atoms. The molecule has 0 atom stereocenters. The molecule has 1 aromatic carbocycles. The molecule has 1 N–H and O–H groups in total. The number of nitrogens with zero attached hydrogens (tertiary/aromatic N) is 4. The number of benzene rings is 1. The van der Waals surface area contributed by atoms with Gasteiger partial charge in [-0.1, -0.05) is 29.3 Å². The van der Waals surface area contributed by atoms with Gasteiger partial charge in [-0.2, -0.15) is 10.2 Å². The number of carbonyl (C=O) groups is 1. The average molecular weight is 380 g/mol. The maximum atomic E-state index is 12.1. The minimum atomic E-state index is -0.287. The molecule has 0 radical (unpaired) electrons. The minimum absolute atomic E-state index is 0.105. The van der Waals surface area contributed by atoms with Gasteiger partial charge in [0.15, 0.2) is 6.73 Å². The van der Waals surface area contributed by atoms with Crippen molar-refractivity contribution < 1.29 is 9.53 Å². The molecule has 3 aromatic rings. The highest BCUT2D eigenvalue weighted by molar-refractivity contribution is 6.42. The molecule has 1 amide bonds. The van der Waals surface area contributed by atoms with E-state index in [1.165, 1.54) is 4.68 Å². The lowest BCUT2D eigenvalue weighted by Gasteiger charge is -2.08. The molecule has 9 heteroatoms. The van der Waals surface area contributed by atoms with E-state index >= 15 is 0 Å². The molecule has 0 aliphatic heterocycles. The number of hydrogen-bond donors (Lipinski definition) is 1. The van der Waals surface area contributed by atoms with E-state index < -0.39 is 0 Å². The molecule has 0 unspecified atom stereocenters. The second kappa shape index (κ2) is 7.58. The summed E-state index contributed by atoms with van der Waals surface area (Å²) in [6.07, 6.45) is 3.46. The number of ether oxygens (including phenoxy) is 1. The topological polar surface area (TPSA) is 74.0 Å². The van der Waals surface area contributed by atoms with Gasteiger partial charge in [0.05, 0.1) is 17.3 Å². The SMILES string of the molecule is Cn1ccc(CNC(=O)c2ccn(COc3cccc(Cl)c3Cl)n2)n1. The van der Waals surface area contributed by atoms with Crippen LogP contribution in [0.3, 0.4) is 0 Å². The number of carbonyl (C=O) groups excluding carboxylic acids is 1. The molecule has 0 saturated heterocycles. The molecule has 0 aliphatic carbocycles. The highest BCUT2D eigenvalue weighted by atomic mass is 35.5. The van der Waals surface area contributed by atoms with Crippen LogP contribution in [0.4, 0.5) is 0 Å². The first kappa shape index (κ1) is 17.3. The van der Waals surface area contributed by atoms with Crippen LogP contribution >= 0.6 is 23.2 Å². The van der Waals surface area contributed by atoms with Crippen LogP contribution < -0.4 is 10.1 Å². The molecule has 0 fully saturated rings. The third-order valence-electron chi connectivity index (χ3n) is 3.34. The van der Waals surface area contributed by atoms with E-state index in [1.54, 1.807) is 35.1 Å². The molecular weight excluding hydrogens is 365 g/mol. The zero-order valence-corrected chi connectivity index (χ0v) is 14.8. The first-order valence-corrected chi connectivity index (χ1v) is 8.15. The Hall–Kier alpha value is -2.51. The Morgan fingerprint density at radius 1 is 1.20 bits per heavy atom. The van der Waals surface area contributed by atoms with Crippen molar-refractivity contribution >= 4 is 29.1 Å². The predicted octanol–water partition coefficient (Wildman–Crippen LogP) is 2.89. The van der Waals surface area contributed by atoms with Gasteiger partial charge in [-0.15, -0.1) is 0 Å². The van der Waals surface area contributed by atoms with Gasteiger partial charge >= 0.3 is 0 Å². The Kier molecular flexibility index (Phi) is 5.25. The monoisotopic (exact) mass is 379 g/mol. The lowest BCUT2D eigenvalue weighted by atomic mass is 10.3. The van der Waals surface area contributed by atoms with E-state index in [0.717, 1.165) is 5.69 Å². The van der Waals surface area contributed by atoms with Gasteiger partial charge in [-0.3, -0.25) is 9.48 Å². The van der Waals surface area contributed by atoms with Gasteiger partial charge < -0.3 is 10.1 Å². The third kappa shape index (κ3) is 4.32. The van der Waals surface area contributed by atoms with Gasteiger partial charge in [0, 0.05) is 19.4 Å². The van der Waals surface area contributed by atoms with Crippen molar-refractivity contribution in [3.63, 3.8) is 0 Å². The van der Waals surface area contributed by atoms with Gasteiger partial charge in [0.1, 0.15) is 16.5 Å². The normalized spacial score (nSPS) is 10.7. The molecule has 0 saturated carbocycles.